The molecule has 1 aliphatic heterocycles. The Hall–Kier alpha value is -2.90. The summed E-state index contributed by atoms with van der Waals surface area (Å²) in [5, 5.41) is 4.23. The zero-order valence-electron chi connectivity index (χ0n) is 14.6. The normalized spacial score (nSPS) is 16.2. The predicted octanol–water partition coefficient (Wildman–Crippen LogP) is 1.03. The Labute approximate surface area is 144 Å². The van der Waals surface area contributed by atoms with Crippen LogP contribution in [0.3, 0.4) is 0 Å². The third-order valence-corrected chi connectivity index (χ3v) is 4.36. The number of pyridine rings is 1. The van der Waals surface area contributed by atoms with Crippen molar-refractivity contribution in [1.29, 1.82) is 0 Å². The molecule has 25 heavy (non-hydrogen) atoms. The van der Waals surface area contributed by atoms with E-state index in [4.69, 9.17) is 4.74 Å². The number of aromatic nitrogens is 3. The molecule has 8 heteroatoms. The number of carbonyl (C=O) groups excluding carboxylic acids is 2. The van der Waals surface area contributed by atoms with Gasteiger partial charge < -0.3 is 9.30 Å². The van der Waals surface area contributed by atoms with Gasteiger partial charge in [0.25, 0.3) is 11.5 Å². The second kappa shape index (κ2) is 6.19. The molecule has 1 atom stereocenters. The summed E-state index contributed by atoms with van der Waals surface area (Å²) >= 11 is 0. The quantitative estimate of drug-likeness (QED) is 0.776. The minimum absolute atomic E-state index is 0.162. The first kappa shape index (κ1) is 16.9. The van der Waals surface area contributed by atoms with E-state index in [0.29, 0.717) is 22.6 Å². The number of anilines is 1. The predicted molar refractivity (Wildman–Crippen MR) is 91.3 cm³/mol. The molecule has 0 spiro atoms. The van der Waals surface area contributed by atoms with E-state index in [1.165, 1.54) is 9.47 Å². The third-order valence-electron chi connectivity index (χ3n) is 4.36. The van der Waals surface area contributed by atoms with Gasteiger partial charge in [0.2, 0.25) is 0 Å². The van der Waals surface area contributed by atoms with Crippen molar-refractivity contribution < 1.29 is 14.3 Å². The van der Waals surface area contributed by atoms with Gasteiger partial charge in [-0.3, -0.25) is 24.0 Å². The molecule has 8 nitrogen and oxygen atoms in total. The van der Waals surface area contributed by atoms with Gasteiger partial charge in [0.1, 0.15) is 12.6 Å². The molecule has 1 aliphatic rings. The lowest BCUT2D eigenvalue weighted by molar-refractivity contribution is -0.142. The van der Waals surface area contributed by atoms with Crippen molar-refractivity contribution in [3.63, 3.8) is 0 Å². The van der Waals surface area contributed by atoms with Crippen LogP contribution in [-0.2, 0) is 21.4 Å². The van der Waals surface area contributed by atoms with Crippen LogP contribution in [0.25, 0.3) is 11.4 Å². The number of hydrogen-bond acceptors (Lipinski definition) is 5. The van der Waals surface area contributed by atoms with Gasteiger partial charge in [-0.1, -0.05) is 0 Å². The van der Waals surface area contributed by atoms with Gasteiger partial charge in [-0.25, -0.2) is 0 Å². The van der Waals surface area contributed by atoms with Gasteiger partial charge >= 0.3 is 5.97 Å². The number of hydrogen-bond donors (Lipinski definition) is 0. The van der Waals surface area contributed by atoms with Crippen LogP contribution in [-0.4, -0.2) is 39.4 Å². The van der Waals surface area contributed by atoms with E-state index in [9.17, 15) is 14.4 Å². The van der Waals surface area contributed by atoms with E-state index < -0.39 is 12.0 Å². The molecule has 0 aromatic carbocycles. The third kappa shape index (κ3) is 2.63. The topological polar surface area (TPSA) is 86.4 Å². The van der Waals surface area contributed by atoms with Crippen molar-refractivity contribution >= 4 is 17.6 Å². The molecule has 2 aromatic heterocycles. The second-order valence-corrected chi connectivity index (χ2v) is 5.99. The number of carbonyl (C=O) groups is 2. The van der Waals surface area contributed by atoms with Crippen LogP contribution in [0.2, 0.25) is 0 Å². The Bertz CT molecular complexity index is 912. The van der Waals surface area contributed by atoms with Gasteiger partial charge in [0.05, 0.1) is 23.7 Å². The van der Waals surface area contributed by atoms with Crippen LogP contribution in [0.5, 0.6) is 0 Å². The summed E-state index contributed by atoms with van der Waals surface area (Å²) in [6.45, 7) is 5.13. The highest BCUT2D eigenvalue weighted by Gasteiger charge is 2.34. The minimum atomic E-state index is -0.609. The summed E-state index contributed by atoms with van der Waals surface area (Å²) in [4.78, 5) is 38.8. The standard InChI is InChI=1S/C17H20N4O4/c1-5-25-14(22)9-20-13-8-10(2)16(23)19(4)15(13)12-6-7-18-21(12)11(3)17(20)24/h6-8,11H,5,9H2,1-4H3. The first-order valence-corrected chi connectivity index (χ1v) is 8.08. The van der Waals surface area contributed by atoms with Crippen LogP contribution < -0.4 is 10.5 Å². The van der Waals surface area contributed by atoms with Gasteiger partial charge in [0, 0.05) is 18.8 Å². The van der Waals surface area contributed by atoms with Crippen molar-refractivity contribution in [2.75, 3.05) is 18.1 Å². The van der Waals surface area contributed by atoms with Crippen molar-refractivity contribution in [1.82, 2.24) is 14.3 Å². The molecule has 0 bridgehead atoms. The SMILES string of the molecule is CCOC(=O)CN1C(=O)C(C)n2nccc2-c2c1cc(C)c(=O)n2C. The summed E-state index contributed by atoms with van der Waals surface area (Å²) in [6.07, 6.45) is 1.59. The van der Waals surface area contributed by atoms with Crippen molar-refractivity contribution in [3.8, 4) is 11.4 Å². The molecule has 1 amide bonds. The molecule has 0 saturated carbocycles. The minimum Gasteiger partial charge on any atom is -0.465 e. The lowest BCUT2D eigenvalue weighted by Crippen LogP contribution is -2.40. The largest absolute Gasteiger partial charge is 0.465 e. The Morgan fingerprint density at radius 3 is 2.76 bits per heavy atom. The molecular weight excluding hydrogens is 324 g/mol. The smallest absolute Gasteiger partial charge is 0.326 e. The number of aryl methyl sites for hydroxylation is 1. The fourth-order valence-corrected chi connectivity index (χ4v) is 3.14. The summed E-state index contributed by atoms with van der Waals surface area (Å²) in [7, 11) is 1.65. The van der Waals surface area contributed by atoms with Crippen LogP contribution >= 0.6 is 0 Å². The monoisotopic (exact) mass is 344 g/mol. The molecule has 2 aromatic rings. The molecule has 132 valence electrons. The molecule has 3 heterocycles. The molecule has 3 rings (SSSR count). The maximum absolute atomic E-state index is 13.0. The number of rotatable bonds is 3. The Morgan fingerprint density at radius 1 is 1.36 bits per heavy atom. The fourth-order valence-electron chi connectivity index (χ4n) is 3.14. The summed E-state index contributed by atoms with van der Waals surface area (Å²) in [5.74, 6) is -0.783. The molecule has 0 radical (unpaired) electrons. The fraction of sp³-hybridized carbons (Fsp3) is 0.412. The Morgan fingerprint density at radius 2 is 2.08 bits per heavy atom. The summed E-state index contributed by atoms with van der Waals surface area (Å²) in [6, 6.07) is 2.79. The Balaban J connectivity index is 2.27. The number of nitrogens with zero attached hydrogens (tertiary/aromatic N) is 4. The van der Waals surface area contributed by atoms with Crippen LogP contribution in [0.1, 0.15) is 25.5 Å². The summed E-state index contributed by atoms with van der Waals surface area (Å²) < 4.78 is 8.06. The van der Waals surface area contributed by atoms with Crippen molar-refractivity contribution in [2.24, 2.45) is 7.05 Å². The van der Waals surface area contributed by atoms with E-state index in [1.807, 2.05) is 0 Å². The highest BCUT2D eigenvalue weighted by Crippen LogP contribution is 2.35. The van der Waals surface area contributed by atoms with Crippen LogP contribution in [0.4, 0.5) is 5.69 Å². The average molecular weight is 344 g/mol. The van der Waals surface area contributed by atoms with E-state index in [0.717, 1.165) is 0 Å². The number of ether oxygens (including phenoxy) is 1. The van der Waals surface area contributed by atoms with E-state index in [-0.39, 0.29) is 24.6 Å². The van der Waals surface area contributed by atoms with E-state index >= 15 is 0 Å². The van der Waals surface area contributed by atoms with Crippen molar-refractivity contribution in [2.45, 2.75) is 26.8 Å². The maximum Gasteiger partial charge on any atom is 0.326 e. The second-order valence-electron chi connectivity index (χ2n) is 5.99. The number of esters is 1. The van der Waals surface area contributed by atoms with Gasteiger partial charge in [-0.15, -0.1) is 0 Å². The molecular formula is C17H20N4O4. The van der Waals surface area contributed by atoms with Gasteiger partial charge in [-0.05, 0) is 32.9 Å². The van der Waals surface area contributed by atoms with E-state index in [2.05, 4.69) is 5.10 Å². The summed E-state index contributed by atoms with van der Waals surface area (Å²) in [5.41, 5.74) is 2.04. The van der Waals surface area contributed by atoms with E-state index in [1.54, 1.807) is 50.8 Å². The zero-order chi connectivity index (χ0) is 18.3. The van der Waals surface area contributed by atoms with Crippen LogP contribution in [0.15, 0.2) is 23.1 Å². The molecule has 1 unspecified atom stereocenters. The van der Waals surface area contributed by atoms with Crippen LogP contribution in [0, 0.1) is 6.92 Å². The molecule has 0 aliphatic carbocycles. The van der Waals surface area contributed by atoms with Gasteiger partial charge in [0.15, 0.2) is 0 Å². The van der Waals surface area contributed by atoms with Crippen molar-refractivity contribution in [3.05, 3.63) is 34.2 Å². The molecule has 0 fully saturated rings. The number of fused-ring (bicyclic) bond motifs is 3. The Kier molecular flexibility index (Phi) is 4.20. The highest BCUT2D eigenvalue weighted by atomic mass is 16.5. The lowest BCUT2D eigenvalue weighted by atomic mass is 10.1. The van der Waals surface area contributed by atoms with Gasteiger partial charge in [-0.2, -0.15) is 5.10 Å². The maximum atomic E-state index is 13.0. The lowest BCUT2D eigenvalue weighted by Gasteiger charge is -2.24. The first-order valence-electron chi connectivity index (χ1n) is 8.08. The average Bonchev–Trinajstić information content (AvgIpc) is 3.02. The highest BCUT2D eigenvalue weighted by molar-refractivity contribution is 6.03. The first-order chi connectivity index (χ1) is 11.9. The molecule has 0 saturated heterocycles. The molecule has 0 N–H and O–H groups in total. The number of amides is 1. The zero-order valence-corrected chi connectivity index (χ0v) is 14.6.